The van der Waals surface area contributed by atoms with Crippen LogP contribution < -0.4 is 18.9 Å². The van der Waals surface area contributed by atoms with Crippen molar-refractivity contribution in [1.82, 2.24) is 0 Å². The minimum absolute atomic E-state index is 0. The molecule has 0 bridgehead atoms. The monoisotopic (exact) mass is 165 g/mol. The molecule has 0 atom stereocenters. The smallest absolute Gasteiger partial charge is 0.512 e. The van der Waals surface area contributed by atoms with E-state index in [4.69, 9.17) is 11.8 Å². The van der Waals surface area contributed by atoms with Gasteiger partial charge in [0.25, 0.3) is 0 Å². The molecule has 0 saturated carbocycles. The van der Waals surface area contributed by atoms with Crippen LogP contribution in [0.15, 0.2) is 11.6 Å². The van der Waals surface area contributed by atoms with Gasteiger partial charge in [-0.2, -0.15) is 0 Å². The molecule has 0 radical (unpaired) electrons. The topological polar surface area (TPSA) is 23.8 Å². The number of hydrogen-bond donors (Lipinski definition) is 0. The van der Waals surface area contributed by atoms with Gasteiger partial charge in [-0.25, -0.2) is 18.6 Å². The Hall–Kier alpha value is 0.217. The number of hydrogen-bond acceptors (Lipinski definition) is 1. The van der Waals surface area contributed by atoms with Crippen molar-refractivity contribution in [2.75, 3.05) is 0 Å². The third kappa shape index (κ3) is 64.6. The normalized spacial score (nSPS) is 4.00. The van der Waals surface area contributed by atoms with Gasteiger partial charge < -0.3 is 11.8 Å². The van der Waals surface area contributed by atoms with Gasteiger partial charge in [0, 0.05) is 0 Å². The first-order chi connectivity index (χ1) is 3.27. The standard InChI is InChI=1S/C5H9.CN.Cu.Li/c1-4-5(2)3;1-2;;/h4H,1H2,2-3H3;;;/q2*-1;2*+1. The van der Waals surface area contributed by atoms with Crippen LogP contribution in [-0.2, 0) is 17.1 Å². The van der Waals surface area contributed by atoms with E-state index in [0.717, 1.165) is 0 Å². The predicted molar refractivity (Wildman–Crippen MR) is 29.8 cm³/mol. The van der Waals surface area contributed by atoms with Gasteiger partial charge in [-0.1, -0.05) is 0 Å². The van der Waals surface area contributed by atoms with Crippen LogP contribution in [0.5, 0.6) is 0 Å². The fourth-order valence-corrected chi connectivity index (χ4v) is 0. The molecule has 0 aromatic rings. The van der Waals surface area contributed by atoms with Crippen LogP contribution in [0.2, 0.25) is 0 Å². The van der Waals surface area contributed by atoms with Crippen LogP contribution in [-0.4, -0.2) is 0 Å². The van der Waals surface area contributed by atoms with Gasteiger partial charge in [0.2, 0.25) is 0 Å². The van der Waals surface area contributed by atoms with Gasteiger partial charge in [0.1, 0.15) is 0 Å². The molecule has 0 spiro atoms. The molecular formula is C6H9CuLiN. The second-order valence-electron chi connectivity index (χ2n) is 1.28. The molecule has 0 aliphatic heterocycles. The van der Waals surface area contributed by atoms with Crippen LogP contribution in [0, 0.1) is 18.8 Å². The maximum Gasteiger partial charge on any atom is 1.00 e. The van der Waals surface area contributed by atoms with Gasteiger partial charge in [0.15, 0.2) is 0 Å². The van der Waals surface area contributed by atoms with Crippen molar-refractivity contribution >= 4 is 0 Å². The maximum absolute atomic E-state index is 6.25. The average Bonchev–Trinajstić information content (AvgIpc) is 1.73. The van der Waals surface area contributed by atoms with Crippen LogP contribution in [0.25, 0.3) is 0 Å². The largest absolute Gasteiger partial charge is 1.00 e. The van der Waals surface area contributed by atoms with E-state index in [-0.39, 0.29) is 35.9 Å². The van der Waals surface area contributed by atoms with Gasteiger partial charge in [-0.15, -0.1) is 13.8 Å². The summed E-state index contributed by atoms with van der Waals surface area (Å²) >= 11 is 0. The number of allylic oxidation sites excluding steroid dienone is 2. The zero-order chi connectivity index (χ0) is 6.28. The van der Waals surface area contributed by atoms with Crippen molar-refractivity contribution in [3.63, 3.8) is 0 Å². The van der Waals surface area contributed by atoms with Crippen molar-refractivity contribution in [1.29, 1.82) is 5.26 Å². The molecule has 0 amide bonds. The van der Waals surface area contributed by atoms with Crippen LogP contribution in [0.1, 0.15) is 13.8 Å². The number of rotatable bonds is 0. The Balaban J connectivity index is -0.0000000286. The second kappa shape index (κ2) is 24.1. The van der Waals surface area contributed by atoms with E-state index >= 15 is 0 Å². The first kappa shape index (κ1) is 22.9. The molecule has 9 heavy (non-hydrogen) atoms. The van der Waals surface area contributed by atoms with Crippen molar-refractivity contribution in [3.8, 4) is 0 Å². The molecule has 0 aliphatic carbocycles. The summed E-state index contributed by atoms with van der Waals surface area (Å²) in [5, 5.41) is 6.25. The van der Waals surface area contributed by atoms with Crippen LogP contribution in [0.3, 0.4) is 0 Å². The van der Waals surface area contributed by atoms with E-state index in [9.17, 15) is 0 Å². The fourth-order valence-electron chi connectivity index (χ4n) is 0. The Morgan fingerprint density at radius 1 is 1.44 bits per heavy atom. The van der Waals surface area contributed by atoms with Crippen LogP contribution >= 0.6 is 0 Å². The average molecular weight is 166 g/mol. The Labute approximate surface area is 80.2 Å². The molecule has 1 nitrogen and oxygen atoms in total. The van der Waals surface area contributed by atoms with E-state index in [1.807, 2.05) is 19.9 Å². The molecule has 0 N–H and O–H groups in total. The van der Waals surface area contributed by atoms with Crippen molar-refractivity contribution in [2.45, 2.75) is 13.8 Å². The molecular weight excluding hydrogens is 157 g/mol. The second-order valence-corrected chi connectivity index (χ2v) is 1.28. The quantitative estimate of drug-likeness (QED) is 0.330. The van der Waals surface area contributed by atoms with Crippen molar-refractivity contribution in [2.24, 2.45) is 0 Å². The predicted octanol–water partition coefficient (Wildman–Crippen LogP) is -1.12. The van der Waals surface area contributed by atoms with E-state index in [2.05, 4.69) is 6.92 Å². The first-order valence-electron chi connectivity index (χ1n) is 1.92. The van der Waals surface area contributed by atoms with E-state index in [1.165, 1.54) is 5.57 Å². The number of nitrogens with zero attached hydrogens (tertiary/aromatic N) is 1. The molecule has 50 valence electrons. The summed E-state index contributed by atoms with van der Waals surface area (Å²) in [7, 11) is 0. The maximum atomic E-state index is 6.25. The van der Waals surface area contributed by atoms with Gasteiger partial charge in [0.05, 0.1) is 0 Å². The van der Waals surface area contributed by atoms with Crippen LogP contribution in [0.4, 0.5) is 0 Å². The summed E-state index contributed by atoms with van der Waals surface area (Å²) in [5.74, 6) is 0. The minimum atomic E-state index is 0. The van der Waals surface area contributed by atoms with Crippen molar-refractivity contribution in [3.05, 3.63) is 25.1 Å². The van der Waals surface area contributed by atoms with E-state index in [1.54, 1.807) is 0 Å². The summed E-state index contributed by atoms with van der Waals surface area (Å²) in [6.45, 7) is 12.3. The molecule has 3 heteroatoms. The molecule has 0 unspecified atom stereocenters. The fraction of sp³-hybridized carbons (Fsp3) is 0.333. The Morgan fingerprint density at radius 3 is 1.56 bits per heavy atom. The molecule has 0 aliphatic rings. The molecule has 0 aromatic carbocycles. The van der Waals surface area contributed by atoms with E-state index < -0.39 is 0 Å². The Morgan fingerprint density at radius 2 is 1.56 bits per heavy atom. The third-order valence-corrected chi connectivity index (χ3v) is 0.408. The first-order valence-corrected chi connectivity index (χ1v) is 1.92. The zero-order valence-electron chi connectivity index (χ0n) is 6.03. The minimum Gasteiger partial charge on any atom is -0.512 e. The van der Waals surface area contributed by atoms with Gasteiger partial charge >= 0.3 is 35.9 Å². The molecule has 0 aromatic heterocycles. The summed E-state index contributed by atoms with van der Waals surface area (Å²) in [5.41, 5.74) is 1.27. The molecule has 0 heterocycles. The Kier molecular flexibility index (Phi) is 61.1. The van der Waals surface area contributed by atoms with E-state index in [0.29, 0.717) is 0 Å². The van der Waals surface area contributed by atoms with Crippen molar-refractivity contribution < 1.29 is 35.9 Å². The summed E-state index contributed by atoms with van der Waals surface area (Å²) in [4.78, 5) is 0. The zero-order valence-corrected chi connectivity index (χ0v) is 6.97. The molecule has 0 rings (SSSR count). The third-order valence-electron chi connectivity index (χ3n) is 0.408. The van der Waals surface area contributed by atoms with Gasteiger partial charge in [-0.3, -0.25) is 0 Å². The summed E-state index contributed by atoms with van der Waals surface area (Å²) in [6.07, 6.45) is 1.83. The molecule has 0 saturated heterocycles. The summed E-state index contributed by atoms with van der Waals surface area (Å²) in [6, 6.07) is 0. The summed E-state index contributed by atoms with van der Waals surface area (Å²) < 4.78 is 0. The van der Waals surface area contributed by atoms with Gasteiger partial charge in [-0.05, 0) is 0 Å². The molecule has 0 fully saturated rings. The Bertz CT molecular complexity index is 74.4. The SMILES string of the molecule is [C-]#N.[CH2-]C=C(C)C.[Cu+].[Li+].